The molecule has 4 heterocycles. The lowest BCUT2D eigenvalue weighted by Gasteiger charge is -2.34. The third kappa shape index (κ3) is 3.37. The summed E-state index contributed by atoms with van der Waals surface area (Å²) in [6.45, 7) is 6.18. The summed E-state index contributed by atoms with van der Waals surface area (Å²) >= 11 is 1.66. The van der Waals surface area contributed by atoms with Crippen molar-refractivity contribution in [2.45, 2.75) is 13.0 Å². The Labute approximate surface area is 150 Å². The van der Waals surface area contributed by atoms with Crippen molar-refractivity contribution in [1.82, 2.24) is 24.6 Å². The van der Waals surface area contributed by atoms with Crippen molar-refractivity contribution >= 4 is 26.8 Å². The Kier molecular flexibility index (Phi) is 4.65. The van der Waals surface area contributed by atoms with E-state index in [9.17, 15) is 0 Å². The van der Waals surface area contributed by atoms with Gasteiger partial charge in [0, 0.05) is 32.9 Å². The zero-order valence-electron chi connectivity index (χ0n) is 14.5. The number of hydrogen-bond donors (Lipinski definition) is 1. The first-order valence-electron chi connectivity index (χ1n) is 8.49. The van der Waals surface area contributed by atoms with Gasteiger partial charge in [0.15, 0.2) is 10.8 Å². The summed E-state index contributed by atoms with van der Waals surface area (Å²) in [5, 5.41) is 8.86. The van der Waals surface area contributed by atoms with Crippen LogP contribution in [-0.4, -0.2) is 57.5 Å². The fourth-order valence-electron chi connectivity index (χ4n) is 3.23. The molecule has 0 aromatic carbocycles. The van der Waals surface area contributed by atoms with Gasteiger partial charge in [-0.3, -0.25) is 9.88 Å². The smallest absolute Gasteiger partial charge is 0.185 e. The van der Waals surface area contributed by atoms with Crippen molar-refractivity contribution in [3.63, 3.8) is 0 Å². The number of morpholine rings is 1. The van der Waals surface area contributed by atoms with Crippen LogP contribution in [0.2, 0.25) is 0 Å². The highest BCUT2D eigenvalue weighted by Crippen LogP contribution is 2.29. The molecule has 0 spiro atoms. The van der Waals surface area contributed by atoms with Crippen LogP contribution >= 0.6 is 11.3 Å². The molecular weight excluding hydrogens is 336 g/mol. The van der Waals surface area contributed by atoms with Crippen LogP contribution in [0.15, 0.2) is 24.4 Å². The molecule has 0 radical (unpaired) electrons. The second-order valence-corrected chi connectivity index (χ2v) is 7.18. The monoisotopic (exact) mass is 358 g/mol. The lowest BCUT2D eigenvalue weighted by Crippen LogP contribution is -2.41. The summed E-state index contributed by atoms with van der Waals surface area (Å²) < 4.78 is 8.48. The Morgan fingerprint density at radius 2 is 2.16 bits per heavy atom. The normalized spacial score (nSPS) is 17.0. The minimum Gasteiger partial charge on any atom is -0.379 e. The number of anilines is 1. The number of ether oxygens (including phenoxy) is 1. The van der Waals surface area contributed by atoms with Crippen LogP contribution in [0.25, 0.3) is 10.3 Å². The first-order chi connectivity index (χ1) is 12.2. The molecular formula is C17H22N6OS. The van der Waals surface area contributed by atoms with Gasteiger partial charge in [-0.1, -0.05) is 17.4 Å². The molecule has 1 aliphatic rings. The zero-order chi connectivity index (χ0) is 17.2. The van der Waals surface area contributed by atoms with Gasteiger partial charge in [0.25, 0.3) is 0 Å². The number of rotatable bonds is 5. The molecule has 0 bridgehead atoms. The van der Waals surface area contributed by atoms with Crippen LogP contribution in [0.5, 0.6) is 0 Å². The van der Waals surface area contributed by atoms with E-state index in [2.05, 4.69) is 31.3 Å². The van der Waals surface area contributed by atoms with Gasteiger partial charge >= 0.3 is 0 Å². The minimum absolute atomic E-state index is 0.205. The van der Waals surface area contributed by atoms with Gasteiger partial charge < -0.3 is 10.1 Å². The fourth-order valence-corrected chi connectivity index (χ4v) is 4.17. The molecule has 1 N–H and O–H groups in total. The molecule has 3 aromatic rings. The van der Waals surface area contributed by atoms with Crippen molar-refractivity contribution in [1.29, 1.82) is 0 Å². The number of fused-ring (bicyclic) bond motifs is 1. The van der Waals surface area contributed by atoms with E-state index in [4.69, 9.17) is 4.74 Å². The highest BCUT2D eigenvalue weighted by atomic mass is 32.1. The molecule has 1 atom stereocenters. The average Bonchev–Trinajstić information content (AvgIpc) is 3.18. The molecule has 0 aliphatic carbocycles. The van der Waals surface area contributed by atoms with Crippen LogP contribution in [0.3, 0.4) is 0 Å². The van der Waals surface area contributed by atoms with E-state index in [1.807, 2.05) is 37.0 Å². The minimum atomic E-state index is 0.205. The van der Waals surface area contributed by atoms with E-state index >= 15 is 0 Å². The molecule has 4 rings (SSSR count). The van der Waals surface area contributed by atoms with Crippen molar-refractivity contribution in [3.8, 4) is 0 Å². The molecule has 1 saturated heterocycles. The van der Waals surface area contributed by atoms with Gasteiger partial charge in [0.2, 0.25) is 0 Å². The summed E-state index contributed by atoms with van der Waals surface area (Å²) in [7, 11) is 1.93. The molecule has 0 amide bonds. The van der Waals surface area contributed by atoms with Crippen LogP contribution in [0, 0.1) is 6.92 Å². The number of thiazole rings is 1. The van der Waals surface area contributed by atoms with Crippen LogP contribution in [-0.2, 0) is 11.8 Å². The topological polar surface area (TPSA) is 68.1 Å². The van der Waals surface area contributed by atoms with Crippen molar-refractivity contribution < 1.29 is 4.74 Å². The van der Waals surface area contributed by atoms with Gasteiger partial charge in [0.05, 0.1) is 35.3 Å². The molecule has 7 nitrogen and oxygen atoms in total. The van der Waals surface area contributed by atoms with E-state index in [0.29, 0.717) is 0 Å². The molecule has 3 aromatic heterocycles. The number of pyridine rings is 1. The highest BCUT2D eigenvalue weighted by molar-refractivity contribution is 7.22. The Hall–Kier alpha value is -2.03. The lowest BCUT2D eigenvalue weighted by atomic mass is 10.1. The van der Waals surface area contributed by atoms with Gasteiger partial charge in [0.1, 0.15) is 0 Å². The summed E-state index contributed by atoms with van der Waals surface area (Å²) in [5.41, 5.74) is 3.04. The first-order valence-corrected chi connectivity index (χ1v) is 9.31. The zero-order valence-corrected chi connectivity index (χ0v) is 15.3. The van der Waals surface area contributed by atoms with E-state index in [1.54, 1.807) is 11.3 Å². The summed E-state index contributed by atoms with van der Waals surface area (Å²) in [4.78, 5) is 11.7. The maximum Gasteiger partial charge on any atom is 0.185 e. The second kappa shape index (κ2) is 7.07. The van der Waals surface area contributed by atoms with E-state index < -0.39 is 0 Å². The van der Waals surface area contributed by atoms with Crippen molar-refractivity contribution in [2.75, 3.05) is 38.2 Å². The number of hydrogen-bond acceptors (Lipinski definition) is 7. The molecule has 1 aliphatic heterocycles. The molecule has 1 unspecified atom stereocenters. The molecule has 25 heavy (non-hydrogen) atoms. The third-order valence-corrected chi connectivity index (χ3v) is 5.62. The largest absolute Gasteiger partial charge is 0.379 e. The SMILES string of the molecule is Cc1nn(C)c2nc(NCC(c3ccccn3)N3CCOCC3)sc12. The standard InChI is InChI=1S/C17H22N6OS/c1-12-15-16(22(2)21-12)20-17(25-15)19-11-14(13-5-3-4-6-18-13)23-7-9-24-10-8-23/h3-6,14H,7-11H2,1-2H3,(H,19,20). The third-order valence-electron chi connectivity index (χ3n) is 4.51. The lowest BCUT2D eigenvalue weighted by molar-refractivity contribution is 0.0179. The first kappa shape index (κ1) is 16.4. The van der Waals surface area contributed by atoms with E-state index in [1.165, 1.54) is 0 Å². The quantitative estimate of drug-likeness (QED) is 0.754. The van der Waals surface area contributed by atoms with Crippen LogP contribution in [0.1, 0.15) is 17.4 Å². The Morgan fingerprint density at radius 1 is 1.32 bits per heavy atom. The van der Waals surface area contributed by atoms with Crippen LogP contribution in [0.4, 0.5) is 5.13 Å². The predicted molar refractivity (Wildman–Crippen MR) is 99.0 cm³/mol. The Bertz CT molecular complexity index is 805. The summed E-state index contributed by atoms with van der Waals surface area (Å²) in [6, 6.07) is 6.30. The molecule has 132 valence electrons. The predicted octanol–water partition coefficient (Wildman–Crippen LogP) is 2.22. The number of nitrogens with one attached hydrogen (secondary N) is 1. The van der Waals surface area contributed by atoms with Gasteiger partial charge in [-0.15, -0.1) is 0 Å². The Balaban J connectivity index is 1.54. The number of aryl methyl sites for hydroxylation is 2. The maximum absolute atomic E-state index is 5.50. The Morgan fingerprint density at radius 3 is 2.88 bits per heavy atom. The maximum atomic E-state index is 5.50. The number of aromatic nitrogens is 4. The number of nitrogens with zero attached hydrogens (tertiary/aromatic N) is 5. The van der Waals surface area contributed by atoms with E-state index in [0.717, 1.165) is 59.7 Å². The highest BCUT2D eigenvalue weighted by Gasteiger charge is 2.24. The van der Waals surface area contributed by atoms with Crippen molar-refractivity contribution in [2.24, 2.45) is 7.05 Å². The fraction of sp³-hybridized carbons (Fsp3) is 0.471. The van der Waals surface area contributed by atoms with Crippen LogP contribution < -0.4 is 5.32 Å². The molecule has 8 heteroatoms. The summed E-state index contributed by atoms with van der Waals surface area (Å²) in [5.74, 6) is 0. The summed E-state index contributed by atoms with van der Waals surface area (Å²) in [6.07, 6.45) is 1.86. The molecule has 0 saturated carbocycles. The van der Waals surface area contributed by atoms with Gasteiger partial charge in [-0.05, 0) is 19.1 Å². The molecule has 1 fully saturated rings. The average molecular weight is 358 g/mol. The van der Waals surface area contributed by atoms with E-state index in [-0.39, 0.29) is 6.04 Å². The van der Waals surface area contributed by atoms with Crippen molar-refractivity contribution in [3.05, 3.63) is 35.8 Å². The second-order valence-electron chi connectivity index (χ2n) is 6.18. The van der Waals surface area contributed by atoms with Gasteiger partial charge in [-0.2, -0.15) is 5.10 Å². The van der Waals surface area contributed by atoms with Gasteiger partial charge in [-0.25, -0.2) is 9.67 Å².